The van der Waals surface area contributed by atoms with Crippen molar-refractivity contribution in [2.24, 2.45) is 0 Å². The highest BCUT2D eigenvalue weighted by Crippen LogP contribution is 2.19. The summed E-state index contributed by atoms with van der Waals surface area (Å²) in [6.45, 7) is 5.50. The molecule has 1 aliphatic rings. The van der Waals surface area contributed by atoms with Gasteiger partial charge in [0, 0.05) is 16.8 Å². The average molecular weight is 228 g/mol. The summed E-state index contributed by atoms with van der Waals surface area (Å²) in [5, 5.41) is 11.1. The third kappa shape index (κ3) is 3.22. The van der Waals surface area contributed by atoms with E-state index in [0.717, 1.165) is 5.06 Å². The maximum absolute atomic E-state index is 11.4. The fraction of sp³-hybridized carbons (Fsp3) is 0.364. The molecule has 0 spiro atoms. The Kier molecular flexibility index (Phi) is 3.37. The van der Waals surface area contributed by atoms with Crippen molar-refractivity contribution in [3.63, 3.8) is 0 Å². The maximum Gasteiger partial charge on any atom is 0.187 e. The van der Waals surface area contributed by atoms with Crippen molar-refractivity contribution in [1.29, 1.82) is 0 Å². The number of hydrogen-bond donors (Lipinski definition) is 1. The SMILES string of the molecule is CC(C)(C)N(O)/C=C1/C=C(Cl)C=CC1=O. The van der Waals surface area contributed by atoms with E-state index < -0.39 is 5.54 Å². The van der Waals surface area contributed by atoms with E-state index in [1.54, 1.807) is 0 Å². The van der Waals surface area contributed by atoms with E-state index in [4.69, 9.17) is 11.6 Å². The Balaban J connectivity index is 2.93. The minimum absolute atomic E-state index is 0.164. The number of hydroxylamine groups is 2. The smallest absolute Gasteiger partial charge is 0.187 e. The quantitative estimate of drug-likeness (QED) is 0.553. The van der Waals surface area contributed by atoms with Crippen LogP contribution in [-0.2, 0) is 4.79 Å². The monoisotopic (exact) mass is 227 g/mol. The van der Waals surface area contributed by atoms with Crippen LogP contribution in [0.3, 0.4) is 0 Å². The molecule has 0 unspecified atom stereocenters. The number of rotatable bonds is 1. The van der Waals surface area contributed by atoms with Gasteiger partial charge in [-0.1, -0.05) is 11.6 Å². The summed E-state index contributed by atoms with van der Waals surface area (Å²) >= 11 is 5.76. The van der Waals surface area contributed by atoms with E-state index >= 15 is 0 Å². The molecule has 82 valence electrons. The number of allylic oxidation sites excluding steroid dienone is 5. The van der Waals surface area contributed by atoms with Gasteiger partial charge in [-0.25, -0.2) is 0 Å². The van der Waals surface area contributed by atoms with E-state index in [9.17, 15) is 10.0 Å². The zero-order valence-electron chi connectivity index (χ0n) is 8.99. The van der Waals surface area contributed by atoms with E-state index in [2.05, 4.69) is 0 Å². The summed E-state index contributed by atoms with van der Waals surface area (Å²) in [5.74, 6) is -0.164. The third-order valence-corrected chi connectivity index (χ3v) is 2.16. The van der Waals surface area contributed by atoms with Gasteiger partial charge in [0.15, 0.2) is 5.78 Å². The molecule has 0 saturated heterocycles. The number of carbonyl (C=O) groups is 1. The first-order chi connectivity index (χ1) is 6.80. The minimum atomic E-state index is -0.450. The van der Waals surface area contributed by atoms with Crippen LogP contribution in [0.25, 0.3) is 0 Å². The van der Waals surface area contributed by atoms with Crippen molar-refractivity contribution in [3.05, 3.63) is 35.0 Å². The highest BCUT2D eigenvalue weighted by Gasteiger charge is 2.18. The molecular weight excluding hydrogens is 214 g/mol. The second-order valence-electron chi connectivity index (χ2n) is 4.33. The van der Waals surface area contributed by atoms with Crippen molar-refractivity contribution in [1.82, 2.24) is 5.06 Å². The Morgan fingerprint density at radius 1 is 1.40 bits per heavy atom. The summed E-state index contributed by atoms with van der Waals surface area (Å²) in [6, 6.07) is 0. The lowest BCUT2D eigenvalue weighted by Gasteiger charge is -2.28. The standard InChI is InChI=1S/C11H14ClNO2/c1-11(2,3)13(15)7-8-6-9(12)4-5-10(8)14/h4-7,15H,1-3H3/b8-7-. The van der Waals surface area contributed by atoms with Gasteiger partial charge in [0.2, 0.25) is 0 Å². The van der Waals surface area contributed by atoms with Gasteiger partial charge in [0.05, 0.1) is 5.54 Å². The maximum atomic E-state index is 11.4. The molecule has 1 rings (SSSR count). The molecule has 4 heteroatoms. The molecule has 0 aromatic heterocycles. The zero-order chi connectivity index (χ0) is 11.6. The molecule has 0 atom stereocenters. The van der Waals surface area contributed by atoms with Crippen molar-refractivity contribution >= 4 is 17.4 Å². The summed E-state index contributed by atoms with van der Waals surface area (Å²) in [5.41, 5.74) is -0.0747. The molecule has 3 nitrogen and oxygen atoms in total. The van der Waals surface area contributed by atoms with Crippen LogP contribution in [0.1, 0.15) is 20.8 Å². The summed E-state index contributed by atoms with van der Waals surface area (Å²) in [7, 11) is 0. The third-order valence-electron chi connectivity index (χ3n) is 1.92. The van der Waals surface area contributed by atoms with E-state index in [1.165, 1.54) is 24.4 Å². The second kappa shape index (κ2) is 4.21. The largest absolute Gasteiger partial charge is 0.289 e. The van der Waals surface area contributed by atoms with Crippen LogP contribution >= 0.6 is 11.6 Å². The van der Waals surface area contributed by atoms with E-state index in [-0.39, 0.29) is 5.78 Å². The molecular formula is C11H14ClNO2. The van der Waals surface area contributed by atoms with Gasteiger partial charge in [0.25, 0.3) is 0 Å². The Bertz CT molecular complexity index is 361. The number of carbonyl (C=O) groups excluding carboxylic acids is 1. The van der Waals surface area contributed by atoms with Crippen molar-refractivity contribution in [2.45, 2.75) is 26.3 Å². The lowest BCUT2D eigenvalue weighted by molar-refractivity contribution is -0.116. The summed E-state index contributed by atoms with van der Waals surface area (Å²) in [6.07, 6.45) is 5.82. The lowest BCUT2D eigenvalue weighted by atomic mass is 10.1. The van der Waals surface area contributed by atoms with Crippen LogP contribution in [0, 0.1) is 0 Å². The molecule has 0 fully saturated rings. The molecule has 1 N–H and O–H groups in total. The van der Waals surface area contributed by atoms with Gasteiger partial charge in [-0.2, -0.15) is 0 Å². The Labute approximate surface area is 94.3 Å². The molecule has 1 aliphatic carbocycles. The fourth-order valence-electron chi connectivity index (χ4n) is 0.946. The molecule has 0 aromatic carbocycles. The van der Waals surface area contributed by atoms with Crippen molar-refractivity contribution in [3.8, 4) is 0 Å². The first-order valence-corrected chi connectivity index (χ1v) is 4.98. The summed E-state index contributed by atoms with van der Waals surface area (Å²) < 4.78 is 0. The Morgan fingerprint density at radius 3 is 2.53 bits per heavy atom. The fourth-order valence-corrected chi connectivity index (χ4v) is 1.13. The highest BCUT2D eigenvalue weighted by atomic mass is 35.5. The van der Waals surface area contributed by atoms with Crippen LogP contribution in [0.2, 0.25) is 0 Å². The molecule has 15 heavy (non-hydrogen) atoms. The number of hydrogen-bond acceptors (Lipinski definition) is 3. The molecule has 0 aromatic rings. The van der Waals surface area contributed by atoms with Gasteiger partial charge in [-0.3, -0.25) is 15.1 Å². The topological polar surface area (TPSA) is 40.5 Å². The van der Waals surface area contributed by atoms with Crippen LogP contribution in [-0.4, -0.2) is 21.6 Å². The minimum Gasteiger partial charge on any atom is -0.289 e. The normalized spacial score (nSPS) is 19.4. The number of ketones is 1. The second-order valence-corrected chi connectivity index (χ2v) is 4.76. The Morgan fingerprint density at radius 2 is 2.00 bits per heavy atom. The van der Waals surface area contributed by atoms with Crippen molar-refractivity contribution in [2.75, 3.05) is 0 Å². The number of nitrogens with zero attached hydrogens (tertiary/aromatic N) is 1. The lowest BCUT2D eigenvalue weighted by Crippen LogP contribution is -2.34. The van der Waals surface area contributed by atoms with Crippen LogP contribution in [0.15, 0.2) is 35.0 Å². The molecule has 0 radical (unpaired) electrons. The van der Waals surface area contributed by atoms with Gasteiger partial charge >= 0.3 is 0 Å². The van der Waals surface area contributed by atoms with Gasteiger partial charge in [-0.15, -0.1) is 0 Å². The average Bonchev–Trinajstić information content (AvgIpc) is 2.09. The molecule has 0 heterocycles. The molecule has 0 aliphatic heterocycles. The van der Waals surface area contributed by atoms with E-state index in [1.807, 2.05) is 20.8 Å². The number of halogens is 1. The predicted molar refractivity (Wildman–Crippen MR) is 59.5 cm³/mol. The van der Waals surface area contributed by atoms with Gasteiger partial charge in [0.1, 0.15) is 0 Å². The zero-order valence-corrected chi connectivity index (χ0v) is 9.75. The summed E-state index contributed by atoms with van der Waals surface area (Å²) in [4.78, 5) is 11.4. The first kappa shape index (κ1) is 12.0. The Hall–Kier alpha value is -1.06. The van der Waals surface area contributed by atoms with Crippen LogP contribution in [0.5, 0.6) is 0 Å². The molecule has 0 saturated carbocycles. The van der Waals surface area contributed by atoms with E-state index in [0.29, 0.717) is 10.6 Å². The molecule has 0 bridgehead atoms. The first-order valence-electron chi connectivity index (χ1n) is 4.60. The molecule has 0 amide bonds. The van der Waals surface area contributed by atoms with Crippen LogP contribution in [0.4, 0.5) is 0 Å². The predicted octanol–water partition coefficient (Wildman–Crippen LogP) is 2.62. The van der Waals surface area contributed by atoms with Gasteiger partial charge < -0.3 is 0 Å². The van der Waals surface area contributed by atoms with Gasteiger partial charge in [-0.05, 0) is 39.0 Å². The van der Waals surface area contributed by atoms with Crippen LogP contribution < -0.4 is 0 Å². The van der Waals surface area contributed by atoms with Crippen molar-refractivity contribution < 1.29 is 10.0 Å². The highest BCUT2D eigenvalue weighted by molar-refractivity contribution is 6.33.